The van der Waals surface area contributed by atoms with E-state index >= 15 is 0 Å². The first-order valence-electron chi connectivity index (χ1n) is 5.25. The van der Waals surface area contributed by atoms with Crippen molar-refractivity contribution in [2.45, 2.75) is 12.5 Å². The van der Waals surface area contributed by atoms with Gasteiger partial charge in [-0.3, -0.25) is 4.99 Å². The third-order valence-electron chi connectivity index (χ3n) is 2.24. The van der Waals surface area contributed by atoms with Gasteiger partial charge in [-0.2, -0.15) is 11.8 Å². The summed E-state index contributed by atoms with van der Waals surface area (Å²) in [6.45, 7) is 0. The first kappa shape index (κ1) is 13.6. The van der Waals surface area contributed by atoms with Crippen LogP contribution in [0.1, 0.15) is 12.0 Å². The van der Waals surface area contributed by atoms with E-state index in [2.05, 4.69) is 4.99 Å². The molecular weight excluding hydrogens is 236 g/mol. The zero-order valence-electron chi connectivity index (χ0n) is 9.67. The highest BCUT2D eigenvalue weighted by Crippen LogP contribution is 2.07. The van der Waals surface area contributed by atoms with Crippen LogP contribution < -0.4 is 5.73 Å². The van der Waals surface area contributed by atoms with Gasteiger partial charge in [0.25, 0.3) is 0 Å². The van der Waals surface area contributed by atoms with Crippen molar-refractivity contribution < 1.29 is 9.90 Å². The summed E-state index contributed by atoms with van der Waals surface area (Å²) >= 11 is 1.60. The second-order valence-corrected chi connectivity index (χ2v) is 4.50. The summed E-state index contributed by atoms with van der Waals surface area (Å²) in [6, 6.07) is 8.42. The molecular formula is C12H16N2O2S. The Morgan fingerprint density at radius 2 is 2.12 bits per heavy atom. The van der Waals surface area contributed by atoms with Gasteiger partial charge in [0.1, 0.15) is 5.84 Å². The van der Waals surface area contributed by atoms with Gasteiger partial charge < -0.3 is 10.8 Å². The number of benzene rings is 1. The standard InChI is InChI=1S/C12H16N2O2S/c1-17-8-7-10(12(15)16)14-11(13)9-5-3-2-4-6-9/h2-6,10H,7-8H2,1H3,(H2,13,14)(H,15,16). The maximum atomic E-state index is 11.0. The van der Waals surface area contributed by atoms with Gasteiger partial charge in [-0.05, 0) is 18.4 Å². The normalized spacial score (nSPS) is 13.4. The van der Waals surface area contributed by atoms with E-state index < -0.39 is 12.0 Å². The van der Waals surface area contributed by atoms with Crippen LogP contribution in [0.3, 0.4) is 0 Å². The molecule has 0 heterocycles. The molecule has 0 saturated heterocycles. The Morgan fingerprint density at radius 3 is 2.65 bits per heavy atom. The highest BCUT2D eigenvalue weighted by atomic mass is 32.2. The fourth-order valence-corrected chi connectivity index (χ4v) is 1.78. The third-order valence-corrected chi connectivity index (χ3v) is 2.89. The number of carboxylic acid groups (broad SMARTS) is 1. The number of hydrogen-bond acceptors (Lipinski definition) is 3. The first-order chi connectivity index (χ1) is 8.15. The summed E-state index contributed by atoms with van der Waals surface area (Å²) in [7, 11) is 0. The number of thioether (sulfide) groups is 1. The molecule has 0 aliphatic heterocycles. The summed E-state index contributed by atoms with van der Waals surface area (Å²) < 4.78 is 0. The van der Waals surface area contributed by atoms with Crippen LogP contribution >= 0.6 is 11.8 Å². The molecule has 4 nitrogen and oxygen atoms in total. The number of nitrogens with two attached hydrogens (primary N) is 1. The van der Waals surface area contributed by atoms with Crippen molar-refractivity contribution in [2.75, 3.05) is 12.0 Å². The van der Waals surface area contributed by atoms with Crippen molar-refractivity contribution in [2.24, 2.45) is 10.7 Å². The third kappa shape index (κ3) is 4.48. The Bertz CT molecular complexity index is 393. The lowest BCUT2D eigenvalue weighted by Gasteiger charge is -2.08. The molecule has 0 amide bonds. The number of amidine groups is 1. The molecule has 0 fully saturated rings. The lowest BCUT2D eigenvalue weighted by Crippen LogP contribution is -2.24. The number of rotatable bonds is 6. The molecule has 0 aromatic heterocycles. The van der Waals surface area contributed by atoms with E-state index in [9.17, 15) is 4.79 Å². The minimum Gasteiger partial charge on any atom is -0.480 e. The number of carbonyl (C=O) groups is 1. The fraction of sp³-hybridized carbons (Fsp3) is 0.333. The largest absolute Gasteiger partial charge is 0.480 e. The molecule has 1 aromatic carbocycles. The van der Waals surface area contributed by atoms with E-state index in [4.69, 9.17) is 10.8 Å². The van der Waals surface area contributed by atoms with Crippen molar-refractivity contribution in [1.29, 1.82) is 0 Å². The average molecular weight is 252 g/mol. The number of nitrogens with zero attached hydrogens (tertiary/aromatic N) is 1. The molecule has 1 aromatic rings. The van der Waals surface area contributed by atoms with Crippen molar-refractivity contribution in [3.63, 3.8) is 0 Å². The lowest BCUT2D eigenvalue weighted by atomic mass is 10.2. The number of carboxylic acids is 1. The van der Waals surface area contributed by atoms with Gasteiger partial charge >= 0.3 is 5.97 Å². The zero-order chi connectivity index (χ0) is 12.7. The van der Waals surface area contributed by atoms with Crippen LogP contribution in [-0.4, -0.2) is 35.0 Å². The minimum atomic E-state index is -0.932. The molecule has 92 valence electrons. The number of hydrogen-bond donors (Lipinski definition) is 2. The van der Waals surface area contributed by atoms with Gasteiger partial charge in [-0.1, -0.05) is 30.3 Å². The predicted molar refractivity (Wildman–Crippen MR) is 71.6 cm³/mol. The zero-order valence-corrected chi connectivity index (χ0v) is 10.5. The van der Waals surface area contributed by atoms with Gasteiger partial charge in [0.05, 0.1) is 0 Å². The molecule has 0 spiro atoms. The minimum absolute atomic E-state index is 0.277. The summed E-state index contributed by atoms with van der Waals surface area (Å²) in [5, 5.41) is 9.02. The maximum Gasteiger partial charge on any atom is 0.328 e. The van der Waals surface area contributed by atoms with E-state index in [-0.39, 0.29) is 5.84 Å². The van der Waals surface area contributed by atoms with Crippen molar-refractivity contribution >= 4 is 23.6 Å². The topological polar surface area (TPSA) is 75.7 Å². The molecule has 5 heteroatoms. The summed E-state index contributed by atoms with van der Waals surface area (Å²) in [4.78, 5) is 15.1. The Labute approximate surface area is 105 Å². The summed E-state index contributed by atoms with van der Waals surface area (Å²) in [6.07, 6.45) is 2.42. The quantitative estimate of drug-likeness (QED) is 0.595. The highest BCUT2D eigenvalue weighted by Gasteiger charge is 2.16. The van der Waals surface area contributed by atoms with Gasteiger partial charge in [0.2, 0.25) is 0 Å². The van der Waals surface area contributed by atoms with Gasteiger partial charge in [0.15, 0.2) is 6.04 Å². The second-order valence-electron chi connectivity index (χ2n) is 3.52. The van der Waals surface area contributed by atoms with Crippen LogP contribution in [-0.2, 0) is 4.79 Å². The van der Waals surface area contributed by atoms with E-state index in [1.54, 1.807) is 11.8 Å². The Balaban J connectivity index is 2.79. The van der Waals surface area contributed by atoms with Gasteiger partial charge in [-0.25, -0.2) is 4.79 Å². The van der Waals surface area contributed by atoms with Gasteiger partial charge in [0, 0.05) is 5.56 Å². The van der Waals surface area contributed by atoms with Crippen LogP contribution in [0.25, 0.3) is 0 Å². The lowest BCUT2D eigenvalue weighted by molar-refractivity contribution is -0.138. The van der Waals surface area contributed by atoms with E-state index in [1.165, 1.54) is 0 Å². The van der Waals surface area contributed by atoms with Crippen molar-refractivity contribution in [3.05, 3.63) is 35.9 Å². The fourth-order valence-electron chi connectivity index (χ4n) is 1.32. The molecule has 0 aliphatic rings. The molecule has 0 bridgehead atoms. The maximum absolute atomic E-state index is 11.0. The Kier molecular flexibility index (Phi) is 5.56. The number of aliphatic imine (C=N–C) groups is 1. The van der Waals surface area contributed by atoms with Crippen molar-refractivity contribution in [1.82, 2.24) is 0 Å². The van der Waals surface area contributed by atoms with Crippen LogP contribution in [0, 0.1) is 0 Å². The molecule has 3 N–H and O–H groups in total. The van der Waals surface area contributed by atoms with Crippen LogP contribution in [0.2, 0.25) is 0 Å². The molecule has 1 unspecified atom stereocenters. The summed E-state index contributed by atoms with van der Waals surface area (Å²) in [5.41, 5.74) is 6.54. The van der Waals surface area contributed by atoms with E-state index in [1.807, 2.05) is 36.6 Å². The SMILES string of the molecule is CSCCC(N=C(N)c1ccccc1)C(=O)O. The summed E-state index contributed by atoms with van der Waals surface area (Å²) in [5.74, 6) is 0.0970. The van der Waals surface area contributed by atoms with Crippen LogP contribution in [0.5, 0.6) is 0 Å². The Hall–Kier alpha value is -1.49. The molecule has 0 aliphatic carbocycles. The average Bonchev–Trinajstić information content (AvgIpc) is 2.35. The van der Waals surface area contributed by atoms with Crippen LogP contribution in [0.4, 0.5) is 0 Å². The molecule has 0 saturated carbocycles. The highest BCUT2D eigenvalue weighted by molar-refractivity contribution is 7.98. The molecule has 1 atom stereocenters. The predicted octanol–water partition coefficient (Wildman–Crippen LogP) is 1.60. The van der Waals surface area contributed by atoms with Crippen molar-refractivity contribution in [3.8, 4) is 0 Å². The van der Waals surface area contributed by atoms with E-state index in [0.717, 1.165) is 11.3 Å². The first-order valence-corrected chi connectivity index (χ1v) is 6.65. The second kappa shape index (κ2) is 6.96. The van der Waals surface area contributed by atoms with Gasteiger partial charge in [-0.15, -0.1) is 0 Å². The monoisotopic (exact) mass is 252 g/mol. The number of aliphatic carboxylic acids is 1. The van der Waals surface area contributed by atoms with E-state index in [0.29, 0.717) is 6.42 Å². The molecule has 17 heavy (non-hydrogen) atoms. The Morgan fingerprint density at radius 1 is 1.47 bits per heavy atom. The molecule has 0 radical (unpaired) electrons. The smallest absolute Gasteiger partial charge is 0.328 e. The molecule has 1 rings (SSSR count). The van der Waals surface area contributed by atoms with Crippen LogP contribution in [0.15, 0.2) is 35.3 Å².